The Morgan fingerprint density at radius 2 is 2.05 bits per heavy atom. The van der Waals surface area contributed by atoms with Crippen LogP contribution in [0.15, 0.2) is 30.3 Å². The van der Waals surface area contributed by atoms with Crippen molar-refractivity contribution in [3.63, 3.8) is 0 Å². The van der Waals surface area contributed by atoms with Gasteiger partial charge < -0.3 is 15.0 Å². The van der Waals surface area contributed by atoms with E-state index in [1.54, 1.807) is 0 Å². The summed E-state index contributed by atoms with van der Waals surface area (Å²) in [5.41, 5.74) is 0. The SMILES string of the molecule is CC(C)C1CN(CCCCOc2ccccc2)CCCN1. The van der Waals surface area contributed by atoms with Crippen LogP contribution in [-0.4, -0.2) is 43.7 Å². The molecule has 0 spiro atoms. The van der Waals surface area contributed by atoms with Crippen molar-refractivity contribution in [2.45, 2.75) is 39.2 Å². The van der Waals surface area contributed by atoms with Crippen molar-refractivity contribution in [1.29, 1.82) is 0 Å². The fraction of sp³-hybridized carbons (Fsp3) is 0.667. The average Bonchev–Trinajstić information content (AvgIpc) is 2.74. The van der Waals surface area contributed by atoms with Gasteiger partial charge in [0.25, 0.3) is 0 Å². The summed E-state index contributed by atoms with van der Waals surface area (Å²) in [6, 6.07) is 10.7. The quantitative estimate of drug-likeness (QED) is 0.781. The van der Waals surface area contributed by atoms with E-state index in [1.807, 2.05) is 30.3 Å². The number of ether oxygens (including phenoxy) is 1. The highest BCUT2D eigenvalue weighted by Crippen LogP contribution is 2.11. The predicted molar refractivity (Wildman–Crippen MR) is 88.9 cm³/mol. The summed E-state index contributed by atoms with van der Waals surface area (Å²) in [5, 5.41) is 3.67. The molecule has 3 nitrogen and oxygen atoms in total. The van der Waals surface area contributed by atoms with Crippen LogP contribution in [0.4, 0.5) is 0 Å². The smallest absolute Gasteiger partial charge is 0.119 e. The van der Waals surface area contributed by atoms with E-state index in [4.69, 9.17) is 4.74 Å². The molecule has 0 radical (unpaired) electrons. The van der Waals surface area contributed by atoms with E-state index in [2.05, 4.69) is 24.1 Å². The van der Waals surface area contributed by atoms with Crippen molar-refractivity contribution in [2.24, 2.45) is 5.92 Å². The maximum absolute atomic E-state index is 5.75. The molecule has 1 fully saturated rings. The molecule has 3 heteroatoms. The largest absolute Gasteiger partial charge is 0.494 e. The van der Waals surface area contributed by atoms with Crippen molar-refractivity contribution in [3.8, 4) is 5.75 Å². The van der Waals surface area contributed by atoms with E-state index in [0.29, 0.717) is 12.0 Å². The summed E-state index contributed by atoms with van der Waals surface area (Å²) in [4.78, 5) is 2.62. The zero-order valence-electron chi connectivity index (χ0n) is 13.6. The normalized spacial score (nSPS) is 20.4. The summed E-state index contributed by atoms with van der Waals surface area (Å²) in [6.07, 6.45) is 3.62. The molecule has 1 atom stereocenters. The minimum Gasteiger partial charge on any atom is -0.494 e. The van der Waals surface area contributed by atoms with E-state index in [9.17, 15) is 0 Å². The zero-order chi connectivity index (χ0) is 14.9. The van der Waals surface area contributed by atoms with Crippen LogP contribution in [0, 0.1) is 5.92 Å². The van der Waals surface area contributed by atoms with Crippen molar-refractivity contribution < 1.29 is 4.74 Å². The summed E-state index contributed by atoms with van der Waals surface area (Å²) in [6.45, 7) is 10.2. The van der Waals surface area contributed by atoms with Crippen molar-refractivity contribution in [2.75, 3.05) is 32.8 Å². The van der Waals surface area contributed by atoms with Gasteiger partial charge in [-0.15, -0.1) is 0 Å². The van der Waals surface area contributed by atoms with Crippen LogP contribution in [0.5, 0.6) is 5.75 Å². The monoisotopic (exact) mass is 290 g/mol. The van der Waals surface area contributed by atoms with Gasteiger partial charge in [-0.2, -0.15) is 0 Å². The number of unbranched alkanes of at least 4 members (excludes halogenated alkanes) is 1. The lowest BCUT2D eigenvalue weighted by Gasteiger charge is -2.26. The molecule has 1 unspecified atom stereocenters. The number of rotatable bonds is 7. The predicted octanol–water partition coefficient (Wildman–Crippen LogP) is 3.17. The Morgan fingerprint density at radius 1 is 1.24 bits per heavy atom. The second kappa shape index (κ2) is 9.06. The molecule has 1 saturated heterocycles. The molecule has 0 saturated carbocycles. The molecular formula is C18H30N2O. The number of para-hydroxylation sites is 1. The average molecular weight is 290 g/mol. The van der Waals surface area contributed by atoms with E-state index in [0.717, 1.165) is 25.3 Å². The number of nitrogens with one attached hydrogen (secondary N) is 1. The Morgan fingerprint density at radius 3 is 2.81 bits per heavy atom. The first-order valence-electron chi connectivity index (χ1n) is 8.39. The highest BCUT2D eigenvalue weighted by atomic mass is 16.5. The summed E-state index contributed by atoms with van der Waals surface area (Å²) < 4.78 is 5.75. The molecule has 21 heavy (non-hydrogen) atoms. The Balaban J connectivity index is 1.61. The van der Waals surface area contributed by atoms with Crippen LogP contribution in [0.2, 0.25) is 0 Å². The number of benzene rings is 1. The first-order chi connectivity index (χ1) is 10.3. The Kier molecular flexibility index (Phi) is 7.04. The van der Waals surface area contributed by atoms with E-state index in [-0.39, 0.29) is 0 Å². The fourth-order valence-electron chi connectivity index (χ4n) is 2.82. The molecule has 1 aliphatic rings. The molecular weight excluding hydrogens is 260 g/mol. The molecule has 1 aliphatic heterocycles. The van der Waals surface area contributed by atoms with Gasteiger partial charge in [-0.25, -0.2) is 0 Å². The first kappa shape index (κ1) is 16.3. The van der Waals surface area contributed by atoms with E-state index in [1.165, 1.54) is 32.5 Å². The Labute approximate surface area is 129 Å². The van der Waals surface area contributed by atoms with Crippen LogP contribution < -0.4 is 10.1 Å². The molecule has 0 aromatic heterocycles. The van der Waals surface area contributed by atoms with Crippen molar-refractivity contribution in [3.05, 3.63) is 30.3 Å². The highest BCUT2D eigenvalue weighted by Gasteiger charge is 2.19. The molecule has 0 amide bonds. The van der Waals surface area contributed by atoms with Crippen molar-refractivity contribution in [1.82, 2.24) is 10.2 Å². The second-order valence-corrected chi connectivity index (χ2v) is 6.33. The van der Waals surface area contributed by atoms with E-state index < -0.39 is 0 Å². The maximum Gasteiger partial charge on any atom is 0.119 e. The lowest BCUT2D eigenvalue weighted by Crippen LogP contribution is -2.41. The molecule has 1 aromatic rings. The third-order valence-electron chi connectivity index (χ3n) is 4.20. The molecule has 1 aromatic carbocycles. The lowest BCUT2D eigenvalue weighted by molar-refractivity contribution is 0.230. The molecule has 1 heterocycles. The van der Waals surface area contributed by atoms with Gasteiger partial charge in [-0.3, -0.25) is 0 Å². The number of hydrogen-bond acceptors (Lipinski definition) is 3. The Bertz CT molecular complexity index is 380. The molecule has 1 N–H and O–H groups in total. The number of hydrogen-bond donors (Lipinski definition) is 1. The van der Waals surface area contributed by atoms with Crippen LogP contribution in [0.3, 0.4) is 0 Å². The summed E-state index contributed by atoms with van der Waals surface area (Å²) in [5.74, 6) is 1.70. The van der Waals surface area contributed by atoms with Crippen LogP contribution in [-0.2, 0) is 0 Å². The van der Waals surface area contributed by atoms with Gasteiger partial charge >= 0.3 is 0 Å². The van der Waals surface area contributed by atoms with Crippen molar-refractivity contribution >= 4 is 0 Å². The Hall–Kier alpha value is -1.06. The van der Waals surface area contributed by atoms with Crippen LogP contribution >= 0.6 is 0 Å². The van der Waals surface area contributed by atoms with Gasteiger partial charge in [0.05, 0.1) is 6.61 Å². The highest BCUT2D eigenvalue weighted by molar-refractivity contribution is 5.20. The van der Waals surface area contributed by atoms with Gasteiger partial charge in [-0.05, 0) is 56.9 Å². The van der Waals surface area contributed by atoms with Crippen LogP contribution in [0.25, 0.3) is 0 Å². The topological polar surface area (TPSA) is 24.5 Å². The maximum atomic E-state index is 5.75. The molecule has 2 rings (SSSR count). The molecule has 0 bridgehead atoms. The fourth-order valence-corrected chi connectivity index (χ4v) is 2.82. The summed E-state index contributed by atoms with van der Waals surface area (Å²) >= 11 is 0. The van der Waals surface area contributed by atoms with Gasteiger partial charge in [0.1, 0.15) is 5.75 Å². The lowest BCUT2D eigenvalue weighted by atomic mass is 10.0. The summed E-state index contributed by atoms with van der Waals surface area (Å²) in [7, 11) is 0. The first-order valence-corrected chi connectivity index (χ1v) is 8.39. The molecule has 118 valence electrons. The molecule has 0 aliphatic carbocycles. The minimum absolute atomic E-state index is 0.646. The second-order valence-electron chi connectivity index (χ2n) is 6.33. The van der Waals surface area contributed by atoms with Gasteiger partial charge in [0, 0.05) is 12.6 Å². The van der Waals surface area contributed by atoms with E-state index >= 15 is 0 Å². The minimum atomic E-state index is 0.646. The van der Waals surface area contributed by atoms with Gasteiger partial charge in [0.2, 0.25) is 0 Å². The van der Waals surface area contributed by atoms with Crippen LogP contribution in [0.1, 0.15) is 33.1 Å². The zero-order valence-corrected chi connectivity index (χ0v) is 13.6. The number of nitrogens with zero attached hydrogens (tertiary/aromatic N) is 1. The van der Waals surface area contributed by atoms with Gasteiger partial charge in [0.15, 0.2) is 0 Å². The standard InChI is InChI=1S/C18H30N2O/c1-16(2)18-15-20(13-8-11-19-18)12-6-7-14-21-17-9-4-3-5-10-17/h3-5,9-10,16,18-19H,6-8,11-15H2,1-2H3. The third-order valence-corrected chi connectivity index (χ3v) is 4.20. The third kappa shape index (κ3) is 6.06. The van der Waals surface area contributed by atoms with Gasteiger partial charge in [-0.1, -0.05) is 32.0 Å².